The first-order chi connectivity index (χ1) is 13.8. The summed E-state index contributed by atoms with van der Waals surface area (Å²) in [5, 5.41) is 12.1. The van der Waals surface area contributed by atoms with Crippen LogP contribution >= 0.6 is 0 Å². The number of hydrogen-bond acceptors (Lipinski definition) is 9. The second kappa shape index (κ2) is 9.24. The van der Waals surface area contributed by atoms with Crippen LogP contribution in [0.15, 0.2) is 29.8 Å². The number of hydrogen-bond donors (Lipinski definition) is 0. The highest BCUT2D eigenvalue weighted by Gasteiger charge is 2.20. The van der Waals surface area contributed by atoms with Gasteiger partial charge >= 0.3 is 5.69 Å². The molecule has 0 saturated carbocycles. The molecule has 0 atom stereocenters. The first kappa shape index (κ1) is 22.0. The number of nitrogens with zero attached hydrogens (tertiary/aromatic N) is 2. The van der Waals surface area contributed by atoms with Gasteiger partial charge in [0.15, 0.2) is 21.3 Å². The van der Waals surface area contributed by atoms with Crippen molar-refractivity contribution in [2.75, 3.05) is 28.4 Å². The van der Waals surface area contributed by atoms with Gasteiger partial charge in [0.2, 0.25) is 5.75 Å². The number of pyridine rings is 1. The van der Waals surface area contributed by atoms with E-state index in [4.69, 9.17) is 18.9 Å². The lowest BCUT2D eigenvalue weighted by atomic mass is 10.1. The van der Waals surface area contributed by atoms with Crippen LogP contribution in [0.1, 0.15) is 11.1 Å². The third-order valence-electron chi connectivity index (χ3n) is 3.84. The number of sulfone groups is 1. The number of benzene rings is 1. The van der Waals surface area contributed by atoms with Crippen LogP contribution in [-0.4, -0.2) is 46.8 Å². The van der Waals surface area contributed by atoms with Crippen molar-refractivity contribution < 1.29 is 32.3 Å². The Labute approximate surface area is 167 Å². The maximum absolute atomic E-state index is 12.5. The fraction of sp³-hybridized carbons (Fsp3) is 0.278. The second-order valence-corrected chi connectivity index (χ2v) is 7.55. The van der Waals surface area contributed by atoms with Crippen molar-refractivity contribution in [2.45, 2.75) is 5.75 Å². The predicted molar refractivity (Wildman–Crippen MR) is 105 cm³/mol. The number of rotatable bonds is 9. The van der Waals surface area contributed by atoms with E-state index >= 15 is 0 Å². The Bertz CT molecular complexity index is 1030. The first-order valence-electron chi connectivity index (χ1n) is 8.13. The van der Waals surface area contributed by atoms with E-state index in [-0.39, 0.29) is 11.4 Å². The summed E-state index contributed by atoms with van der Waals surface area (Å²) in [6.45, 7) is 0. The van der Waals surface area contributed by atoms with Crippen LogP contribution in [0.3, 0.4) is 0 Å². The summed E-state index contributed by atoms with van der Waals surface area (Å²) in [6.07, 6.45) is 2.57. The van der Waals surface area contributed by atoms with Crippen molar-refractivity contribution in [1.82, 2.24) is 4.98 Å². The van der Waals surface area contributed by atoms with Gasteiger partial charge in [0.25, 0.3) is 5.88 Å². The Morgan fingerprint density at radius 3 is 2.31 bits per heavy atom. The summed E-state index contributed by atoms with van der Waals surface area (Å²) in [5.41, 5.74) is 0.194. The molecule has 29 heavy (non-hydrogen) atoms. The van der Waals surface area contributed by atoms with Crippen molar-refractivity contribution in [3.8, 4) is 23.1 Å². The van der Waals surface area contributed by atoms with Crippen molar-refractivity contribution >= 4 is 21.6 Å². The first-order valence-corrected chi connectivity index (χ1v) is 9.85. The molecule has 0 unspecified atom stereocenters. The molecule has 0 N–H and O–H groups in total. The molecule has 0 fully saturated rings. The lowest BCUT2D eigenvalue weighted by Crippen LogP contribution is -2.03. The summed E-state index contributed by atoms with van der Waals surface area (Å²) in [5.74, 6) is 0.393. The Morgan fingerprint density at radius 1 is 1.07 bits per heavy atom. The maximum atomic E-state index is 12.5. The molecule has 2 rings (SSSR count). The van der Waals surface area contributed by atoms with E-state index in [0.717, 1.165) is 11.5 Å². The number of aromatic nitrogens is 1. The molecule has 10 nitrogen and oxygen atoms in total. The van der Waals surface area contributed by atoms with E-state index in [1.165, 1.54) is 40.7 Å². The van der Waals surface area contributed by atoms with Crippen molar-refractivity contribution in [3.63, 3.8) is 0 Å². The van der Waals surface area contributed by atoms with Crippen LogP contribution in [-0.2, 0) is 15.6 Å². The summed E-state index contributed by atoms with van der Waals surface area (Å²) < 4.78 is 45.5. The normalized spacial score (nSPS) is 11.3. The monoisotopic (exact) mass is 424 g/mol. The zero-order valence-electron chi connectivity index (χ0n) is 16.2. The molecule has 1 aromatic heterocycles. The van der Waals surface area contributed by atoms with Gasteiger partial charge in [0.1, 0.15) is 0 Å². The average molecular weight is 424 g/mol. The van der Waals surface area contributed by atoms with Crippen LogP contribution in [0.2, 0.25) is 0 Å². The van der Waals surface area contributed by atoms with Gasteiger partial charge in [0.05, 0.1) is 39.1 Å². The third kappa shape index (κ3) is 5.13. The lowest BCUT2D eigenvalue weighted by molar-refractivity contribution is -0.386. The van der Waals surface area contributed by atoms with Gasteiger partial charge in [-0.25, -0.2) is 13.4 Å². The smallest absolute Gasteiger partial charge is 0.331 e. The van der Waals surface area contributed by atoms with E-state index in [1.807, 2.05) is 0 Å². The summed E-state index contributed by atoms with van der Waals surface area (Å²) in [6, 6.07) is 4.35. The van der Waals surface area contributed by atoms with Gasteiger partial charge in [-0.1, -0.05) is 0 Å². The van der Waals surface area contributed by atoms with Crippen LogP contribution in [0.4, 0.5) is 5.69 Å². The topological polar surface area (TPSA) is 127 Å². The fourth-order valence-electron chi connectivity index (χ4n) is 2.56. The Hall–Kier alpha value is -3.34. The fourth-order valence-corrected chi connectivity index (χ4v) is 3.63. The van der Waals surface area contributed by atoms with E-state index in [0.29, 0.717) is 22.8 Å². The molecule has 0 aliphatic heterocycles. The Morgan fingerprint density at radius 2 is 1.76 bits per heavy atom. The molecule has 2 aromatic rings. The SMILES string of the molecule is COc1ccc(/C=C/S(=O)(=O)Cc2cnc(OC)c([N+](=O)[O-])c2)c(OC)c1OC. The van der Waals surface area contributed by atoms with Crippen molar-refractivity contribution in [3.05, 3.63) is 51.0 Å². The van der Waals surface area contributed by atoms with Gasteiger partial charge in [0, 0.05) is 23.2 Å². The Kier molecular flexibility index (Phi) is 6.99. The van der Waals surface area contributed by atoms with Gasteiger partial charge in [-0.2, -0.15) is 0 Å². The maximum Gasteiger partial charge on any atom is 0.331 e. The third-order valence-corrected chi connectivity index (χ3v) is 5.12. The van der Waals surface area contributed by atoms with Gasteiger partial charge in [-0.15, -0.1) is 0 Å². The molecule has 0 amide bonds. The Balaban J connectivity index is 2.34. The number of nitro groups is 1. The van der Waals surface area contributed by atoms with Crippen LogP contribution < -0.4 is 18.9 Å². The summed E-state index contributed by atoms with van der Waals surface area (Å²) in [7, 11) is 1.81. The van der Waals surface area contributed by atoms with Crippen LogP contribution in [0.5, 0.6) is 23.1 Å². The summed E-state index contributed by atoms with van der Waals surface area (Å²) >= 11 is 0. The minimum Gasteiger partial charge on any atom is -0.493 e. The molecule has 1 heterocycles. The van der Waals surface area contributed by atoms with Gasteiger partial charge < -0.3 is 18.9 Å². The van der Waals surface area contributed by atoms with Crippen LogP contribution in [0, 0.1) is 10.1 Å². The summed E-state index contributed by atoms with van der Waals surface area (Å²) in [4.78, 5) is 14.2. The standard InChI is InChI=1S/C18H20N2O8S/c1-25-15-6-5-13(16(26-2)17(15)27-3)7-8-29(23,24)11-12-9-14(20(21)22)18(28-4)19-10-12/h5-10H,11H2,1-4H3/b8-7+. The molecule has 0 saturated heterocycles. The van der Waals surface area contributed by atoms with Gasteiger partial charge in [-0.05, 0) is 23.8 Å². The molecule has 11 heteroatoms. The molecular weight excluding hydrogens is 404 g/mol. The van der Waals surface area contributed by atoms with E-state index < -0.39 is 26.2 Å². The minimum atomic E-state index is -3.77. The molecule has 0 radical (unpaired) electrons. The zero-order chi connectivity index (χ0) is 21.6. The highest BCUT2D eigenvalue weighted by atomic mass is 32.2. The van der Waals surface area contributed by atoms with E-state index in [9.17, 15) is 18.5 Å². The molecule has 0 spiro atoms. The molecule has 0 bridgehead atoms. The van der Waals surface area contributed by atoms with Crippen molar-refractivity contribution in [2.24, 2.45) is 0 Å². The number of ether oxygens (including phenoxy) is 4. The molecular formula is C18H20N2O8S. The minimum absolute atomic E-state index is 0.154. The molecule has 1 aromatic carbocycles. The van der Waals surface area contributed by atoms with Crippen molar-refractivity contribution in [1.29, 1.82) is 0 Å². The predicted octanol–water partition coefficient (Wildman–Crippen LogP) is 2.61. The zero-order valence-corrected chi connectivity index (χ0v) is 17.1. The van der Waals surface area contributed by atoms with Crippen LogP contribution in [0.25, 0.3) is 6.08 Å². The quantitative estimate of drug-likeness (QED) is 0.441. The largest absolute Gasteiger partial charge is 0.493 e. The highest BCUT2D eigenvalue weighted by Crippen LogP contribution is 2.40. The second-order valence-electron chi connectivity index (χ2n) is 5.66. The average Bonchev–Trinajstić information content (AvgIpc) is 2.70. The lowest BCUT2D eigenvalue weighted by Gasteiger charge is -2.14. The number of methoxy groups -OCH3 is 4. The highest BCUT2D eigenvalue weighted by molar-refractivity contribution is 7.93. The van der Waals surface area contributed by atoms with E-state index in [2.05, 4.69) is 4.98 Å². The molecule has 0 aliphatic carbocycles. The molecule has 0 aliphatic rings. The van der Waals surface area contributed by atoms with E-state index in [1.54, 1.807) is 12.1 Å². The van der Waals surface area contributed by atoms with Gasteiger partial charge in [-0.3, -0.25) is 10.1 Å². The molecule has 156 valence electrons.